The first-order chi connectivity index (χ1) is 12.9. The summed E-state index contributed by atoms with van der Waals surface area (Å²) in [7, 11) is 2.02. The zero-order valence-electron chi connectivity index (χ0n) is 15.2. The van der Waals surface area contributed by atoms with Gasteiger partial charge in [-0.1, -0.05) is 60.7 Å². The standard InChI is InChI=1S/C23H25N3/c1-24-17-16-21(19-10-4-2-5-11-19)26-18-25(20-12-6-3-7-13-20)22-14-8-9-15-23(22)26/h2-15,21,24H,16-18H2,1H3/t21-/m0/s1. The van der Waals surface area contributed by atoms with Crippen LogP contribution in [0.1, 0.15) is 18.0 Å². The van der Waals surface area contributed by atoms with Crippen molar-refractivity contribution in [1.29, 1.82) is 0 Å². The Balaban J connectivity index is 1.73. The second-order valence-electron chi connectivity index (χ2n) is 6.68. The predicted octanol–water partition coefficient (Wildman–Crippen LogP) is 4.95. The first kappa shape index (κ1) is 16.7. The lowest BCUT2D eigenvalue weighted by molar-refractivity contribution is 0.569. The van der Waals surface area contributed by atoms with Crippen LogP contribution < -0.4 is 15.1 Å². The lowest BCUT2D eigenvalue weighted by atomic mass is 10.0. The van der Waals surface area contributed by atoms with E-state index in [4.69, 9.17) is 0 Å². The van der Waals surface area contributed by atoms with Crippen LogP contribution in [0, 0.1) is 0 Å². The molecular formula is C23H25N3. The molecule has 3 nitrogen and oxygen atoms in total. The van der Waals surface area contributed by atoms with Crippen LogP contribution in [0.15, 0.2) is 84.9 Å². The first-order valence-electron chi connectivity index (χ1n) is 9.26. The van der Waals surface area contributed by atoms with Crippen molar-refractivity contribution in [2.24, 2.45) is 0 Å². The molecule has 3 heteroatoms. The van der Waals surface area contributed by atoms with Gasteiger partial charge in [0.25, 0.3) is 0 Å². The van der Waals surface area contributed by atoms with Crippen LogP contribution in [0.5, 0.6) is 0 Å². The number of para-hydroxylation sites is 3. The number of fused-ring (bicyclic) bond motifs is 1. The topological polar surface area (TPSA) is 18.5 Å². The molecule has 0 fully saturated rings. The minimum Gasteiger partial charge on any atom is -0.345 e. The van der Waals surface area contributed by atoms with Gasteiger partial charge in [0.05, 0.1) is 24.1 Å². The van der Waals surface area contributed by atoms with Crippen LogP contribution in [0.2, 0.25) is 0 Å². The van der Waals surface area contributed by atoms with Gasteiger partial charge in [0.15, 0.2) is 0 Å². The Morgan fingerprint density at radius 3 is 2.12 bits per heavy atom. The molecule has 3 aromatic rings. The molecule has 3 aromatic carbocycles. The van der Waals surface area contributed by atoms with Crippen LogP contribution >= 0.6 is 0 Å². The highest BCUT2D eigenvalue weighted by atomic mass is 15.4. The number of anilines is 3. The molecule has 0 saturated carbocycles. The number of rotatable bonds is 6. The number of nitrogens with one attached hydrogen (secondary N) is 1. The van der Waals surface area contributed by atoms with Crippen molar-refractivity contribution < 1.29 is 0 Å². The van der Waals surface area contributed by atoms with E-state index in [0.29, 0.717) is 6.04 Å². The molecule has 1 N–H and O–H groups in total. The predicted molar refractivity (Wildman–Crippen MR) is 110 cm³/mol. The van der Waals surface area contributed by atoms with E-state index >= 15 is 0 Å². The Hall–Kier alpha value is -2.78. The molecule has 0 radical (unpaired) electrons. The quantitative estimate of drug-likeness (QED) is 0.683. The van der Waals surface area contributed by atoms with Gasteiger partial charge in [-0.15, -0.1) is 0 Å². The largest absolute Gasteiger partial charge is 0.345 e. The highest BCUT2D eigenvalue weighted by Crippen LogP contribution is 2.44. The molecule has 4 rings (SSSR count). The summed E-state index contributed by atoms with van der Waals surface area (Å²) in [5.41, 5.74) is 5.20. The smallest absolute Gasteiger partial charge is 0.0959 e. The molecule has 1 heterocycles. The molecule has 1 aliphatic rings. The maximum Gasteiger partial charge on any atom is 0.0959 e. The first-order valence-corrected chi connectivity index (χ1v) is 9.26. The fourth-order valence-electron chi connectivity index (χ4n) is 3.79. The summed E-state index contributed by atoms with van der Waals surface area (Å²) in [6.45, 7) is 1.86. The van der Waals surface area contributed by atoms with Gasteiger partial charge in [-0.05, 0) is 49.8 Å². The molecule has 0 amide bonds. The van der Waals surface area contributed by atoms with Gasteiger partial charge in [-0.3, -0.25) is 0 Å². The van der Waals surface area contributed by atoms with Crippen molar-refractivity contribution in [3.63, 3.8) is 0 Å². The molecule has 26 heavy (non-hydrogen) atoms. The summed E-state index contributed by atoms with van der Waals surface area (Å²) in [5.74, 6) is 0. The number of hydrogen-bond donors (Lipinski definition) is 1. The molecule has 0 saturated heterocycles. The molecule has 0 bridgehead atoms. The van der Waals surface area contributed by atoms with E-state index in [1.807, 2.05) is 7.05 Å². The molecular weight excluding hydrogens is 318 g/mol. The second-order valence-corrected chi connectivity index (χ2v) is 6.68. The number of nitrogens with zero attached hydrogens (tertiary/aromatic N) is 2. The zero-order valence-corrected chi connectivity index (χ0v) is 15.2. The summed E-state index contributed by atoms with van der Waals surface area (Å²) >= 11 is 0. The minimum absolute atomic E-state index is 0.346. The normalized spacial score (nSPS) is 14.3. The monoisotopic (exact) mass is 343 g/mol. The molecule has 0 aromatic heterocycles. The van der Waals surface area contributed by atoms with Gasteiger partial charge in [0.2, 0.25) is 0 Å². The summed E-state index contributed by atoms with van der Waals surface area (Å²) in [6.07, 6.45) is 1.07. The third-order valence-corrected chi connectivity index (χ3v) is 5.07. The Labute approximate surface area is 155 Å². The van der Waals surface area contributed by atoms with Crippen LogP contribution in [0.3, 0.4) is 0 Å². The van der Waals surface area contributed by atoms with E-state index in [9.17, 15) is 0 Å². The van der Waals surface area contributed by atoms with E-state index in [2.05, 4.69) is 100 Å². The Morgan fingerprint density at radius 2 is 1.42 bits per heavy atom. The Bertz CT molecular complexity index is 832. The SMILES string of the molecule is CNCC[C@@H](c1ccccc1)N1CN(c2ccccc2)c2ccccc21. The maximum absolute atomic E-state index is 3.32. The molecule has 0 unspecified atom stereocenters. The van der Waals surface area contributed by atoms with Gasteiger partial charge in [0, 0.05) is 5.69 Å². The van der Waals surface area contributed by atoms with Crippen molar-refractivity contribution in [2.75, 3.05) is 30.1 Å². The average molecular weight is 343 g/mol. The van der Waals surface area contributed by atoms with Crippen LogP contribution in [-0.2, 0) is 0 Å². The molecule has 1 aliphatic heterocycles. The van der Waals surface area contributed by atoms with E-state index < -0.39 is 0 Å². The summed E-state index contributed by atoms with van der Waals surface area (Å²) < 4.78 is 0. The molecule has 132 valence electrons. The van der Waals surface area contributed by atoms with Gasteiger partial charge >= 0.3 is 0 Å². The fraction of sp³-hybridized carbons (Fsp3) is 0.217. The van der Waals surface area contributed by atoms with Crippen molar-refractivity contribution in [3.05, 3.63) is 90.5 Å². The van der Waals surface area contributed by atoms with Gasteiger partial charge in [-0.25, -0.2) is 0 Å². The molecule has 1 atom stereocenters. The third-order valence-electron chi connectivity index (χ3n) is 5.07. The highest BCUT2D eigenvalue weighted by Gasteiger charge is 2.31. The van der Waals surface area contributed by atoms with E-state index in [1.165, 1.54) is 22.6 Å². The van der Waals surface area contributed by atoms with Gasteiger partial charge in [-0.2, -0.15) is 0 Å². The lowest BCUT2D eigenvalue weighted by Gasteiger charge is -2.31. The lowest BCUT2D eigenvalue weighted by Crippen LogP contribution is -2.33. The highest BCUT2D eigenvalue weighted by molar-refractivity contribution is 5.82. The van der Waals surface area contributed by atoms with Gasteiger partial charge < -0.3 is 15.1 Å². The molecule has 0 spiro atoms. The Kier molecular flexibility index (Phi) is 4.89. The zero-order chi connectivity index (χ0) is 17.8. The van der Waals surface area contributed by atoms with Crippen molar-refractivity contribution >= 4 is 17.1 Å². The van der Waals surface area contributed by atoms with E-state index in [-0.39, 0.29) is 0 Å². The van der Waals surface area contributed by atoms with Crippen molar-refractivity contribution in [3.8, 4) is 0 Å². The third kappa shape index (κ3) is 3.18. The van der Waals surface area contributed by atoms with Crippen molar-refractivity contribution in [1.82, 2.24) is 5.32 Å². The summed E-state index contributed by atoms with van der Waals surface area (Å²) in [5, 5.41) is 3.32. The minimum atomic E-state index is 0.346. The van der Waals surface area contributed by atoms with E-state index in [0.717, 1.165) is 19.6 Å². The van der Waals surface area contributed by atoms with E-state index in [1.54, 1.807) is 0 Å². The fourth-order valence-corrected chi connectivity index (χ4v) is 3.79. The number of hydrogen-bond acceptors (Lipinski definition) is 3. The van der Waals surface area contributed by atoms with Crippen LogP contribution in [0.4, 0.5) is 17.1 Å². The number of benzene rings is 3. The van der Waals surface area contributed by atoms with Gasteiger partial charge in [0.1, 0.15) is 0 Å². The second kappa shape index (κ2) is 7.63. The van der Waals surface area contributed by atoms with Crippen LogP contribution in [0.25, 0.3) is 0 Å². The average Bonchev–Trinajstić information content (AvgIpc) is 3.10. The summed E-state index contributed by atoms with van der Waals surface area (Å²) in [4.78, 5) is 4.94. The Morgan fingerprint density at radius 1 is 0.808 bits per heavy atom. The van der Waals surface area contributed by atoms with Crippen LogP contribution in [-0.4, -0.2) is 20.3 Å². The summed E-state index contributed by atoms with van der Waals surface area (Å²) in [6, 6.07) is 30.6. The van der Waals surface area contributed by atoms with Crippen molar-refractivity contribution in [2.45, 2.75) is 12.5 Å². The maximum atomic E-state index is 3.32. The molecule has 0 aliphatic carbocycles.